The van der Waals surface area contributed by atoms with E-state index in [4.69, 9.17) is 14.9 Å². The molecule has 4 rings (SSSR count). The molecule has 2 fully saturated rings. The summed E-state index contributed by atoms with van der Waals surface area (Å²) in [6.45, 7) is 3.07. The van der Waals surface area contributed by atoms with Crippen molar-refractivity contribution < 1.29 is 9.15 Å². The molecule has 2 aromatic rings. The van der Waals surface area contributed by atoms with Crippen molar-refractivity contribution in [3.05, 3.63) is 12.1 Å². The highest BCUT2D eigenvalue weighted by Crippen LogP contribution is 2.33. The van der Waals surface area contributed by atoms with E-state index in [0.29, 0.717) is 17.7 Å². The van der Waals surface area contributed by atoms with E-state index in [1.807, 2.05) is 12.1 Å². The molecule has 2 heterocycles. The maximum absolute atomic E-state index is 6.07. The summed E-state index contributed by atoms with van der Waals surface area (Å²) >= 11 is 0. The Balaban J connectivity index is 1.67. The quantitative estimate of drug-likeness (QED) is 0.831. The van der Waals surface area contributed by atoms with Crippen molar-refractivity contribution in [1.29, 1.82) is 0 Å². The topological polar surface area (TPSA) is 76.5 Å². The minimum atomic E-state index is 0.570. The zero-order chi connectivity index (χ0) is 13.5. The van der Waals surface area contributed by atoms with E-state index >= 15 is 0 Å². The Hall–Kier alpha value is -1.95. The van der Waals surface area contributed by atoms with E-state index in [-0.39, 0.29) is 0 Å². The van der Waals surface area contributed by atoms with Gasteiger partial charge in [-0.1, -0.05) is 0 Å². The summed E-state index contributed by atoms with van der Waals surface area (Å²) in [6.07, 6.45) is 2.44. The second kappa shape index (κ2) is 4.56. The van der Waals surface area contributed by atoms with Gasteiger partial charge in [0, 0.05) is 25.2 Å². The van der Waals surface area contributed by atoms with Gasteiger partial charge in [0.1, 0.15) is 5.52 Å². The molecule has 20 heavy (non-hydrogen) atoms. The normalized spacial score (nSPS) is 19.5. The monoisotopic (exact) mass is 274 g/mol. The second-order valence-electron chi connectivity index (χ2n) is 5.42. The van der Waals surface area contributed by atoms with Crippen molar-refractivity contribution >= 4 is 28.5 Å². The zero-order valence-electron chi connectivity index (χ0n) is 11.3. The number of aromatic nitrogens is 1. The zero-order valence-corrected chi connectivity index (χ0v) is 11.3. The molecule has 0 bridgehead atoms. The number of hydrogen-bond acceptors (Lipinski definition) is 6. The van der Waals surface area contributed by atoms with Gasteiger partial charge in [0.05, 0.1) is 24.6 Å². The molecule has 0 spiro atoms. The molecule has 2 aliphatic rings. The van der Waals surface area contributed by atoms with E-state index in [0.717, 1.165) is 43.1 Å². The predicted molar refractivity (Wildman–Crippen MR) is 78.1 cm³/mol. The van der Waals surface area contributed by atoms with Gasteiger partial charge < -0.3 is 25.1 Å². The van der Waals surface area contributed by atoms with Crippen LogP contribution >= 0.6 is 0 Å². The van der Waals surface area contributed by atoms with Gasteiger partial charge in [0.2, 0.25) is 0 Å². The Labute approximate surface area is 116 Å². The minimum Gasteiger partial charge on any atom is -0.423 e. The number of oxazole rings is 1. The van der Waals surface area contributed by atoms with Crippen LogP contribution in [-0.2, 0) is 4.74 Å². The fraction of sp³-hybridized carbons (Fsp3) is 0.500. The first-order chi connectivity index (χ1) is 9.79. The molecule has 6 heteroatoms. The fourth-order valence-corrected chi connectivity index (χ4v) is 2.44. The van der Waals surface area contributed by atoms with Gasteiger partial charge in [0.15, 0.2) is 5.58 Å². The van der Waals surface area contributed by atoms with Gasteiger partial charge in [-0.05, 0) is 18.9 Å². The third kappa shape index (κ3) is 2.16. The lowest BCUT2D eigenvalue weighted by atomic mass is 10.2. The molecule has 0 unspecified atom stereocenters. The standard InChI is InChI=1S/C14H18N4O2/c15-10-7-13-12(8-11(10)16-9-1-2-9)17-14(20-13)18-3-5-19-6-4-18/h7-9,16H,1-6,15H2. The lowest BCUT2D eigenvalue weighted by Gasteiger charge is -2.24. The summed E-state index contributed by atoms with van der Waals surface area (Å²) in [5.74, 6) is 0. The molecule has 1 aliphatic carbocycles. The summed E-state index contributed by atoms with van der Waals surface area (Å²) in [5, 5.41) is 3.42. The first-order valence-corrected chi connectivity index (χ1v) is 7.09. The first-order valence-electron chi connectivity index (χ1n) is 7.09. The molecule has 106 valence electrons. The van der Waals surface area contributed by atoms with Crippen molar-refractivity contribution in [2.24, 2.45) is 0 Å². The van der Waals surface area contributed by atoms with E-state index in [9.17, 15) is 0 Å². The lowest BCUT2D eigenvalue weighted by Crippen LogP contribution is -2.36. The number of benzene rings is 1. The third-order valence-electron chi connectivity index (χ3n) is 3.77. The second-order valence-corrected chi connectivity index (χ2v) is 5.42. The number of nitrogens with two attached hydrogens (primary N) is 1. The number of morpholine rings is 1. The summed E-state index contributed by atoms with van der Waals surface area (Å²) in [5.41, 5.74) is 9.34. The van der Waals surface area contributed by atoms with Crippen molar-refractivity contribution in [3.8, 4) is 0 Å². The Bertz CT molecular complexity index is 629. The van der Waals surface area contributed by atoms with Crippen molar-refractivity contribution in [1.82, 2.24) is 4.98 Å². The van der Waals surface area contributed by atoms with Crippen molar-refractivity contribution in [2.75, 3.05) is 42.3 Å². The molecule has 1 aromatic heterocycles. The largest absolute Gasteiger partial charge is 0.423 e. The summed E-state index contributed by atoms with van der Waals surface area (Å²) in [4.78, 5) is 6.68. The Morgan fingerprint density at radius 1 is 1.25 bits per heavy atom. The van der Waals surface area contributed by atoms with E-state index in [2.05, 4.69) is 15.2 Å². The van der Waals surface area contributed by atoms with Gasteiger partial charge in [-0.2, -0.15) is 4.98 Å². The summed E-state index contributed by atoms with van der Waals surface area (Å²) < 4.78 is 11.2. The van der Waals surface area contributed by atoms with Gasteiger partial charge in [-0.25, -0.2) is 0 Å². The SMILES string of the molecule is Nc1cc2oc(N3CCOCC3)nc2cc1NC1CC1. The van der Waals surface area contributed by atoms with Gasteiger partial charge in [-0.15, -0.1) is 0 Å². The van der Waals surface area contributed by atoms with E-state index in [1.54, 1.807) is 0 Å². The highest BCUT2D eigenvalue weighted by atomic mass is 16.5. The van der Waals surface area contributed by atoms with Crippen LogP contribution in [0.25, 0.3) is 11.1 Å². The Morgan fingerprint density at radius 3 is 2.80 bits per heavy atom. The smallest absolute Gasteiger partial charge is 0.298 e. The number of anilines is 3. The number of fused-ring (bicyclic) bond motifs is 1. The summed E-state index contributed by atoms with van der Waals surface area (Å²) in [6, 6.07) is 5.07. The number of nitrogens with zero attached hydrogens (tertiary/aromatic N) is 2. The molecular formula is C14H18N4O2. The summed E-state index contributed by atoms with van der Waals surface area (Å²) in [7, 11) is 0. The molecule has 0 radical (unpaired) electrons. The number of hydrogen-bond donors (Lipinski definition) is 2. The fourth-order valence-electron chi connectivity index (χ4n) is 2.44. The molecule has 0 atom stereocenters. The number of nitrogen functional groups attached to an aromatic ring is 1. The third-order valence-corrected chi connectivity index (χ3v) is 3.77. The van der Waals surface area contributed by atoms with Crippen LogP contribution in [0, 0.1) is 0 Å². The molecular weight excluding hydrogens is 256 g/mol. The average molecular weight is 274 g/mol. The van der Waals surface area contributed by atoms with Crippen molar-refractivity contribution in [3.63, 3.8) is 0 Å². The number of nitrogens with one attached hydrogen (secondary N) is 1. The molecule has 1 saturated carbocycles. The molecule has 1 saturated heterocycles. The van der Waals surface area contributed by atoms with Crippen LogP contribution in [0.3, 0.4) is 0 Å². The van der Waals surface area contributed by atoms with Crippen LogP contribution in [0.4, 0.5) is 17.4 Å². The highest BCUT2D eigenvalue weighted by Gasteiger charge is 2.23. The van der Waals surface area contributed by atoms with Crippen LogP contribution in [0.2, 0.25) is 0 Å². The first kappa shape index (κ1) is 11.8. The molecule has 1 aliphatic heterocycles. The average Bonchev–Trinajstić information content (AvgIpc) is 3.19. The van der Waals surface area contributed by atoms with Crippen LogP contribution in [0.15, 0.2) is 16.5 Å². The highest BCUT2D eigenvalue weighted by molar-refractivity contribution is 5.86. The van der Waals surface area contributed by atoms with Gasteiger partial charge in [-0.3, -0.25) is 0 Å². The Kier molecular flexibility index (Phi) is 2.70. The van der Waals surface area contributed by atoms with E-state index in [1.165, 1.54) is 12.8 Å². The van der Waals surface area contributed by atoms with Gasteiger partial charge >= 0.3 is 0 Å². The van der Waals surface area contributed by atoms with Crippen LogP contribution in [0.5, 0.6) is 0 Å². The van der Waals surface area contributed by atoms with Gasteiger partial charge in [0.25, 0.3) is 6.01 Å². The van der Waals surface area contributed by atoms with Crippen LogP contribution in [0.1, 0.15) is 12.8 Å². The Morgan fingerprint density at radius 2 is 2.05 bits per heavy atom. The van der Waals surface area contributed by atoms with Crippen LogP contribution < -0.4 is 16.0 Å². The maximum atomic E-state index is 6.07. The molecule has 6 nitrogen and oxygen atoms in total. The maximum Gasteiger partial charge on any atom is 0.298 e. The van der Waals surface area contributed by atoms with Crippen LogP contribution in [-0.4, -0.2) is 37.3 Å². The predicted octanol–water partition coefficient (Wildman–Crippen LogP) is 1.82. The number of ether oxygens (including phenoxy) is 1. The molecule has 3 N–H and O–H groups in total. The van der Waals surface area contributed by atoms with Crippen molar-refractivity contribution in [2.45, 2.75) is 18.9 Å². The molecule has 0 amide bonds. The lowest BCUT2D eigenvalue weighted by molar-refractivity contribution is 0.120. The minimum absolute atomic E-state index is 0.570. The number of rotatable bonds is 3. The van der Waals surface area contributed by atoms with E-state index < -0.39 is 0 Å². The molecule has 1 aromatic carbocycles.